The molecular formula is C26H30BNO2. The molecule has 0 unspecified atom stereocenters. The lowest BCUT2D eigenvalue weighted by atomic mass is 9.69. The van der Waals surface area contributed by atoms with Gasteiger partial charge in [-0.2, -0.15) is 0 Å². The van der Waals surface area contributed by atoms with Crippen LogP contribution in [0.2, 0.25) is 0 Å². The number of benzene rings is 3. The summed E-state index contributed by atoms with van der Waals surface area (Å²) in [6.45, 7) is 10.7. The molecule has 0 aliphatic carbocycles. The van der Waals surface area contributed by atoms with Crippen molar-refractivity contribution >= 4 is 29.6 Å². The van der Waals surface area contributed by atoms with Gasteiger partial charge in [-0.25, -0.2) is 0 Å². The zero-order chi connectivity index (χ0) is 21.5. The molecule has 154 valence electrons. The molecule has 0 atom stereocenters. The minimum Gasteiger partial charge on any atom is -0.410 e. The third-order valence-corrected chi connectivity index (χ3v) is 5.71. The molecular weight excluding hydrogens is 369 g/mol. The van der Waals surface area contributed by atoms with Crippen molar-refractivity contribution in [2.24, 2.45) is 0 Å². The van der Waals surface area contributed by atoms with E-state index >= 15 is 0 Å². The van der Waals surface area contributed by atoms with Gasteiger partial charge in [0, 0.05) is 23.8 Å². The third kappa shape index (κ3) is 3.66. The summed E-state index contributed by atoms with van der Waals surface area (Å²) in [5, 5.41) is 0. The van der Waals surface area contributed by atoms with E-state index in [1.807, 2.05) is 0 Å². The van der Waals surface area contributed by atoms with Crippen molar-refractivity contribution in [3.05, 3.63) is 83.9 Å². The van der Waals surface area contributed by atoms with Crippen LogP contribution in [0.25, 0.3) is 0 Å². The Hall–Kier alpha value is -2.56. The Kier molecular flexibility index (Phi) is 5.25. The molecule has 0 spiro atoms. The minimum atomic E-state index is -0.409. The molecule has 4 rings (SSSR count). The summed E-state index contributed by atoms with van der Waals surface area (Å²) in [6, 6.07) is 25.8. The van der Waals surface area contributed by atoms with E-state index in [9.17, 15) is 0 Å². The first-order chi connectivity index (χ1) is 14.2. The highest BCUT2D eigenvalue weighted by Crippen LogP contribution is 2.51. The molecule has 1 heterocycles. The average Bonchev–Trinajstić information content (AvgIpc) is 2.72. The van der Waals surface area contributed by atoms with Gasteiger partial charge in [0.05, 0.1) is 11.4 Å². The Morgan fingerprint density at radius 3 is 2.10 bits per heavy atom. The molecule has 1 aliphatic heterocycles. The van der Waals surface area contributed by atoms with Gasteiger partial charge in [0.1, 0.15) is 0 Å². The lowest BCUT2D eigenvalue weighted by molar-refractivity contribution is 0.0982. The molecule has 3 aromatic carbocycles. The zero-order valence-electron chi connectivity index (χ0n) is 18.8. The monoisotopic (exact) mass is 399 g/mol. The van der Waals surface area contributed by atoms with Crippen molar-refractivity contribution in [1.82, 2.24) is 0 Å². The molecule has 0 fully saturated rings. The van der Waals surface area contributed by atoms with Gasteiger partial charge in [-0.3, -0.25) is 0 Å². The van der Waals surface area contributed by atoms with Gasteiger partial charge in [0.2, 0.25) is 0 Å². The van der Waals surface area contributed by atoms with E-state index in [1.54, 1.807) is 7.11 Å². The molecule has 0 aromatic heterocycles. The lowest BCUT2D eigenvalue weighted by Gasteiger charge is -2.42. The third-order valence-electron chi connectivity index (χ3n) is 5.71. The van der Waals surface area contributed by atoms with E-state index in [0.29, 0.717) is 0 Å². The van der Waals surface area contributed by atoms with Gasteiger partial charge in [0.15, 0.2) is 0 Å². The fraction of sp³-hybridized carbons (Fsp3) is 0.308. The topological polar surface area (TPSA) is 21.7 Å². The van der Waals surface area contributed by atoms with E-state index in [1.165, 1.54) is 22.5 Å². The highest BCUT2D eigenvalue weighted by atomic mass is 16.6. The van der Waals surface area contributed by atoms with Crippen LogP contribution >= 0.6 is 0 Å². The number of anilines is 3. The molecule has 0 saturated carbocycles. The van der Waals surface area contributed by atoms with E-state index in [-0.39, 0.29) is 11.0 Å². The predicted octanol–water partition coefficient (Wildman–Crippen LogP) is 5.95. The zero-order valence-corrected chi connectivity index (χ0v) is 18.8. The van der Waals surface area contributed by atoms with E-state index in [2.05, 4.69) is 112 Å². The number of para-hydroxylation sites is 2. The molecule has 0 radical (unpaired) electrons. The van der Waals surface area contributed by atoms with Crippen molar-refractivity contribution in [3.63, 3.8) is 0 Å². The highest BCUT2D eigenvalue weighted by molar-refractivity contribution is 6.61. The second-order valence-corrected chi connectivity index (χ2v) is 9.39. The van der Waals surface area contributed by atoms with Crippen molar-refractivity contribution in [2.75, 3.05) is 12.0 Å². The standard InChI is InChI=1S/C26H30BNO2/c1-25(2,3)30-27(29-6)19-16-17-24-22(18-19)26(4,5)21-14-10-11-15-23(21)28(24)20-12-8-7-9-13-20/h7-18H,1-6H3. The van der Waals surface area contributed by atoms with Crippen molar-refractivity contribution in [3.8, 4) is 0 Å². The van der Waals surface area contributed by atoms with Crippen LogP contribution in [0.1, 0.15) is 45.7 Å². The fourth-order valence-electron chi connectivity index (χ4n) is 4.30. The first kappa shape index (κ1) is 20.7. The maximum atomic E-state index is 6.18. The van der Waals surface area contributed by atoms with Gasteiger partial charge in [-0.1, -0.05) is 62.4 Å². The second kappa shape index (κ2) is 7.61. The average molecular weight is 399 g/mol. The highest BCUT2D eigenvalue weighted by Gasteiger charge is 2.38. The summed E-state index contributed by atoms with van der Waals surface area (Å²) in [7, 11) is 1.29. The van der Waals surface area contributed by atoms with Crippen molar-refractivity contribution in [1.29, 1.82) is 0 Å². The molecule has 0 saturated heterocycles. The smallest absolute Gasteiger partial charge is 0.410 e. The Morgan fingerprint density at radius 2 is 1.43 bits per heavy atom. The van der Waals surface area contributed by atoms with Crippen LogP contribution in [0.3, 0.4) is 0 Å². The fourth-order valence-corrected chi connectivity index (χ4v) is 4.30. The van der Waals surface area contributed by atoms with Crippen LogP contribution in [-0.2, 0) is 14.7 Å². The van der Waals surface area contributed by atoms with Crippen LogP contribution in [0.5, 0.6) is 0 Å². The van der Waals surface area contributed by atoms with Gasteiger partial charge >= 0.3 is 7.12 Å². The molecule has 0 amide bonds. The van der Waals surface area contributed by atoms with Crippen LogP contribution < -0.4 is 10.4 Å². The van der Waals surface area contributed by atoms with Crippen molar-refractivity contribution < 1.29 is 9.31 Å². The van der Waals surface area contributed by atoms with Gasteiger partial charge < -0.3 is 14.2 Å². The SMILES string of the molecule is COB(OC(C)(C)C)c1ccc2c(c1)C(C)(C)c1ccccc1N2c1ccccc1. The van der Waals surface area contributed by atoms with Crippen LogP contribution in [0.15, 0.2) is 72.8 Å². The second-order valence-electron chi connectivity index (χ2n) is 9.39. The summed E-state index contributed by atoms with van der Waals surface area (Å²) in [6.07, 6.45) is 0. The summed E-state index contributed by atoms with van der Waals surface area (Å²) < 4.78 is 11.9. The van der Waals surface area contributed by atoms with Gasteiger partial charge in [0.25, 0.3) is 0 Å². The normalized spacial score (nSPS) is 14.8. The molecule has 1 aliphatic rings. The van der Waals surface area contributed by atoms with E-state index in [4.69, 9.17) is 9.31 Å². The van der Waals surface area contributed by atoms with Gasteiger partial charge in [-0.05, 0) is 61.6 Å². The number of nitrogens with zero attached hydrogens (tertiary/aromatic N) is 1. The maximum Gasteiger partial charge on any atom is 0.494 e. The summed E-state index contributed by atoms with van der Waals surface area (Å²) in [4.78, 5) is 2.35. The van der Waals surface area contributed by atoms with Crippen LogP contribution in [-0.4, -0.2) is 19.8 Å². The first-order valence-corrected chi connectivity index (χ1v) is 10.5. The Bertz CT molecular complexity index is 1040. The van der Waals surface area contributed by atoms with Gasteiger partial charge in [-0.15, -0.1) is 0 Å². The lowest BCUT2D eigenvalue weighted by Crippen LogP contribution is -2.43. The molecule has 3 aromatic rings. The molecule has 30 heavy (non-hydrogen) atoms. The summed E-state index contributed by atoms with van der Waals surface area (Å²) in [5.41, 5.74) is 6.74. The van der Waals surface area contributed by atoms with Crippen LogP contribution in [0.4, 0.5) is 17.1 Å². The molecule has 0 bridgehead atoms. The quantitative estimate of drug-likeness (QED) is 0.506. The summed E-state index contributed by atoms with van der Waals surface area (Å²) in [5.74, 6) is 0. The molecule has 3 nitrogen and oxygen atoms in total. The predicted molar refractivity (Wildman–Crippen MR) is 126 cm³/mol. The Balaban J connectivity index is 1.90. The number of hydrogen-bond acceptors (Lipinski definition) is 3. The largest absolute Gasteiger partial charge is 0.494 e. The summed E-state index contributed by atoms with van der Waals surface area (Å²) >= 11 is 0. The number of rotatable bonds is 4. The van der Waals surface area contributed by atoms with Crippen molar-refractivity contribution in [2.45, 2.75) is 45.6 Å². The van der Waals surface area contributed by atoms with Crippen LogP contribution in [0, 0.1) is 0 Å². The maximum absolute atomic E-state index is 6.18. The minimum absolute atomic E-state index is 0.146. The first-order valence-electron chi connectivity index (χ1n) is 10.5. The Labute approximate surface area is 180 Å². The number of hydrogen-bond donors (Lipinski definition) is 0. The molecule has 4 heteroatoms. The number of fused-ring (bicyclic) bond motifs is 2. The van der Waals surface area contributed by atoms with E-state index in [0.717, 1.165) is 11.2 Å². The molecule has 0 N–H and O–H groups in total. The van der Waals surface area contributed by atoms with E-state index < -0.39 is 7.12 Å². The Morgan fingerprint density at radius 1 is 0.800 bits per heavy atom.